The molecule has 3 aromatic rings. The molecule has 0 spiro atoms. The van der Waals surface area contributed by atoms with Gasteiger partial charge in [0.15, 0.2) is 5.82 Å². The Hall–Kier alpha value is -3.42. The summed E-state index contributed by atoms with van der Waals surface area (Å²) in [6.45, 7) is 8.21. The van der Waals surface area contributed by atoms with E-state index in [2.05, 4.69) is 15.2 Å². The van der Waals surface area contributed by atoms with Crippen molar-refractivity contribution >= 4 is 11.8 Å². The quantitative estimate of drug-likeness (QED) is 0.619. The third kappa shape index (κ3) is 5.54. The second-order valence-corrected chi connectivity index (χ2v) is 6.30. The Labute approximate surface area is 170 Å². The highest BCUT2D eigenvalue weighted by Crippen LogP contribution is 2.23. The number of carbonyl (C=O) groups is 1. The smallest absolute Gasteiger partial charge is 0.339 e. The fourth-order valence-corrected chi connectivity index (χ4v) is 2.74. The fraction of sp³-hybridized carbons (Fsp3) is 0.333. The Morgan fingerprint density at radius 3 is 2.72 bits per heavy atom. The first-order valence-corrected chi connectivity index (χ1v) is 9.55. The van der Waals surface area contributed by atoms with E-state index in [-0.39, 0.29) is 11.6 Å². The minimum Gasteiger partial charge on any atom is -0.493 e. The molecule has 1 atom stereocenters. The molecule has 0 amide bonds. The number of aromatic nitrogens is 4. The Morgan fingerprint density at radius 1 is 1.28 bits per heavy atom. The van der Waals surface area contributed by atoms with Crippen LogP contribution in [0.3, 0.4) is 0 Å². The van der Waals surface area contributed by atoms with E-state index < -0.39 is 5.97 Å². The molecular weight excluding hydrogens is 370 g/mol. The maximum absolute atomic E-state index is 11.4. The van der Waals surface area contributed by atoms with Crippen LogP contribution in [0.15, 0.2) is 42.7 Å². The van der Waals surface area contributed by atoms with Crippen LogP contribution in [0.1, 0.15) is 49.2 Å². The average Bonchev–Trinajstić information content (AvgIpc) is 3.20. The van der Waals surface area contributed by atoms with Gasteiger partial charge in [-0.2, -0.15) is 0 Å². The lowest BCUT2D eigenvalue weighted by molar-refractivity contribution is 0.0692. The number of nitrogen functional groups attached to an aromatic ring is 1. The van der Waals surface area contributed by atoms with Crippen molar-refractivity contribution in [3.63, 3.8) is 0 Å². The van der Waals surface area contributed by atoms with Gasteiger partial charge in [0.25, 0.3) is 0 Å². The Morgan fingerprint density at radius 2 is 2.03 bits per heavy atom. The first kappa shape index (κ1) is 21.9. The number of nitrogens with two attached hydrogens (primary N) is 1. The van der Waals surface area contributed by atoms with Gasteiger partial charge < -0.3 is 20.1 Å². The monoisotopic (exact) mass is 397 g/mol. The number of carboxylic acid groups (broad SMARTS) is 1. The van der Waals surface area contributed by atoms with Crippen LogP contribution in [0.5, 0.6) is 5.75 Å². The molecule has 0 saturated heterocycles. The molecule has 2 heterocycles. The van der Waals surface area contributed by atoms with Gasteiger partial charge in [-0.05, 0) is 38.1 Å². The number of ether oxygens (including phenoxy) is 1. The zero-order chi connectivity index (χ0) is 21.4. The summed E-state index contributed by atoms with van der Waals surface area (Å²) < 4.78 is 7.62. The van der Waals surface area contributed by atoms with Crippen molar-refractivity contribution < 1.29 is 14.6 Å². The van der Waals surface area contributed by atoms with Gasteiger partial charge in [0.05, 0.1) is 6.61 Å². The van der Waals surface area contributed by atoms with Crippen molar-refractivity contribution in [2.24, 2.45) is 0 Å². The summed E-state index contributed by atoms with van der Waals surface area (Å²) in [5, 5.41) is 17.4. The molecule has 0 aliphatic heterocycles. The molecule has 1 aromatic carbocycles. The fourth-order valence-electron chi connectivity index (χ4n) is 2.74. The minimum atomic E-state index is -1.00. The highest BCUT2D eigenvalue weighted by Gasteiger charge is 2.16. The second-order valence-electron chi connectivity index (χ2n) is 6.30. The largest absolute Gasteiger partial charge is 0.493 e. The van der Waals surface area contributed by atoms with E-state index in [0.717, 1.165) is 5.56 Å². The Balaban J connectivity index is 0.00000145. The van der Waals surface area contributed by atoms with E-state index in [4.69, 9.17) is 10.5 Å². The lowest BCUT2D eigenvalue weighted by atomic mass is 10.1. The van der Waals surface area contributed by atoms with Gasteiger partial charge in [-0.3, -0.25) is 0 Å². The first-order chi connectivity index (χ1) is 14.0. The van der Waals surface area contributed by atoms with Gasteiger partial charge in [-0.15, -0.1) is 10.2 Å². The topological polar surface area (TPSA) is 116 Å². The van der Waals surface area contributed by atoms with Gasteiger partial charge in [0, 0.05) is 12.5 Å². The maximum atomic E-state index is 11.4. The van der Waals surface area contributed by atoms with E-state index in [1.165, 1.54) is 0 Å². The number of pyridine rings is 1. The molecule has 154 valence electrons. The van der Waals surface area contributed by atoms with Crippen LogP contribution in [0.25, 0.3) is 11.5 Å². The van der Waals surface area contributed by atoms with Gasteiger partial charge >= 0.3 is 5.97 Å². The molecule has 0 aliphatic rings. The first-order valence-electron chi connectivity index (χ1n) is 9.55. The summed E-state index contributed by atoms with van der Waals surface area (Å²) in [7, 11) is 0. The van der Waals surface area contributed by atoms with Crippen LogP contribution >= 0.6 is 0 Å². The van der Waals surface area contributed by atoms with Crippen molar-refractivity contribution in [1.82, 2.24) is 19.7 Å². The van der Waals surface area contributed by atoms with E-state index in [1.54, 1.807) is 24.5 Å². The highest BCUT2D eigenvalue weighted by atomic mass is 16.5. The Kier molecular flexibility index (Phi) is 7.70. The lowest BCUT2D eigenvalue weighted by Crippen LogP contribution is -2.12. The number of anilines is 1. The lowest BCUT2D eigenvalue weighted by Gasteiger charge is -2.16. The van der Waals surface area contributed by atoms with Crippen LogP contribution < -0.4 is 10.5 Å². The third-order valence-corrected chi connectivity index (χ3v) is 4.21. The molecule has 3 N–H and O–H groups in total. The van der Waals surface area contributed by atoms with Gasteiger partial charge in [-0.1, -0.05) is 31.5 Å². The zero-order valence-corrected chi connectivity index (χ0v) is 17.2. The molecule has 0 aliphatic carbocycles. The predicted molar refractivity (Wildman–Crippen MR) is 112 cm³/mol. The summed E-state index contributed by atoms with van der Waals surface area (Å²) in [5.41, 5.74) is 7.43. The van der Waals surface area contributed by atoms with Gasteiger partial charge in [0.1, 0.15) is 29.2 Å². The summed E-state index contributed by atoms with van der Waals surface area (Å²) in [6.07, 6.45) is 2.28. The molecule has 0 radical (unpaired) electrons. The van der Waals surface area contributed by atoms with E-state index in [0.29, 0.717) is 36.1 Å². The van der Waals surface area contributed by atoms with Crippen molar-refractivity contribution in [2.45, 2.75) is 40.2 Å². The summed E-state index contributed by atoms with van der Waals surface area (Å²) in [4.78, 5) is 15.7. The number of hydrogen-bond acceptors (Lipinski definition) is 6. The van der Waals surface area contributed by atoms with Crippen LogP contribution in [-0.4, -0.2) is 37.4 Å². The number of hydrogen-bond donors (Lipinski definition) is 2. The summed E-state index contributed by atoms with van der Waals surface area (Å²) in [5.74, 6) is 0.396. The molecule has 0 bridgehead atoms. The van der Waals surface area contributed by atoms with Crippen molar-refractivity contribution in [1.29, 1.82) is 0 Å². The second kappa shape index (κ2) is 10.2. The SMILES string of the molecule is CC.Cc1ccc(OCCC(C)n2cnnc2-c2cccc(N)n2)c(C(=O)O)c1. The molecule has 3 rings (SSSR count). The molecule has 0 saturated carbocycles. The molecule has 29 heavy (non-hydrogen) atoms. The van der Waals surface area contributed by atoms with E-state index in [1.807, 2.05) is 50.5 Å². The summed E-state index contributed by atoms with van der Waals surface area (Å²) >= 11 is 0. The zero-order valence-electron chi connectivity index (χ0n) is 17.2. The van der Waals surface area contributed by atoms with Crippen LogP contribution in [0.2, 0.25) is 0 Å². The Bertz CT molecular complexity index is 955. The summed E-state index contributed by atoms with van der Waals surface area (Å²) in [6, 6.07) is 10.5. The normalized spacial score (nSPS) is 11.3. The van der Waals surface area contributed by atoms with Crippen LogP contribution in [0, 0.1) is 6.92 Å². The van der Waals surface area contributed by atoms with E-state index in [9.17, 15) is 9.90 Å². The van der Waals surface area contributed by atoms with Crippen LogP contribution in [0.4, 0.5) is 5.82 Å². The average molecular weight is 397 g/mol. The number of carboxylic acids is 1. The minimum absolute atomic E-state index is 0.0250. The third-order valence-electron chi connectivity index (χ3n) is 4.21. The standard InChI is InChI=1S/C19H21N5O3.C2H6/c1-12-6-7-16(14(10-12)19(25)26)27-9-8-13(2)24-11-21-23-18(24)15-4-3-5-17(20)22-15;1-2/h3-7,10-11,13H,8-9H2,1-2H3,(H2,20,22)(H,25,26);1-2H3. The molecule has 2 aromatic heterocycles. The molecule has 0 fully saturated rings. The number of aromatic carboxylic acids is 1. The highest BCUT2D eigenvalue weighted by molar-refractivity contribution is 5.91. The number of rotatable bonds is 7. The van der Waals surface area contributed by atoms with E-state index >= 15 is 0 Å². The molecular formula is C21H27N5O3. The maximum Gasteiger partial charge on any atom is 0.339 e. The number of nitrogens with zero attached hydrogens (tertiary/aromatic N) is 4. The number of aryl methyl sites for hydroxylation is 1. The van der Waals surface area contributed by atoms with Gasteiger partial charge in [-0.25, -0.2) is 9.78 Å². The van der Waals surface area contributed by atoms with Crippen molar-refractivity contribution in [2.75, 3.05) is 12.3 Å². The number of benzene rings is 1. The van der Waals surface area contributed by atoms with Crippen LogP contribution in [-0.2, 0) is 0 Å². The molecule has 1 unspecified atom stereocenters. The molecule has 8 heteroatoms. The van der Waals surface area contributed by atoms with Gasteiger partial charge in [0.2, 0.25) is 0 Å². The predicted octanol–water partition coefficient (Wildman–Crippen LogP) is 3.99. The molecule has 8 nitrogen and oxygen atoms in total. The van der Waals surface area contributed by atoms with Crippen molar-refractivity contribution in [3.05, 3.63) is 53.9 Å². The van der Waals surface area contributed by atoms with Crippen molar-refractivity contribution in [3.8, 4) is 17.3 Å².